The zero-order valence-electron chi connectivity index (χ0n) is 12.2. The highest BCUT2D eigenvalue weighted by Crippen LogP contribution is 2.25. The lowest BCUT2D eigenvalue weighted by atomic mass is 10.2. The quantitative estimate of drug-likeness (QED) is 0.900. The molecule has 1 aromatic rings. The summed E-state index contributed by atoms with van der Waals surface area (Å²) in [6.07, 6.45) is 0.983. The van der Waals surface area contributed by atoms with Crippen LogP contribution >= 0.6 is 11.6 Å². The van der Waals surface area contributed by atoms with E-state index < -0.39 is 5.97 Å². The van der Waals surface area contributed by atoms with Crippen LogP contribution in [0, 0.1) is 0 Å². The minimum Gasteiger partial charge on any atom is -0.495 e. The van der Waals surface area contributed by atoms with Gasteiger partial charge in [0.25, 0.3) is 0 Å². The van der Waals surface area contributed by atoms with Gasteiger partial charge in [0.05, 0.1) is 18.7 Å². The maximum Gasteiger partial charge on any atom is 0.317 e. The van der Waals surface area contributed by atoms with Crippen molar-refractivity contribution >= 4 is 17.6 Å². The molecule has 1 aromatic carbocycles. The van der Waals surface area contributed by atoms with Gasteiger partial charge in [-0.25, -0.2) is 0 Å². The Labute approximate surface area is 130 Å². The number of hydrogen-bond donors (Lipinski definition) is 1. The van der Waals surface area contributed by atoms with Crippen molar-refractivity contribution in [1.82, 2.24) is 9.80 Å². The second-order valence-electron chi connectivity index (χ2n) is 5.27. The number of methoxy groups -OCH3 is 1. The molecule has 5 nitrogen and oxygen atoms in total. The topological polar surface area (TPSA) is 53.0 Å². The minimum absolute atomic E-state index is 0.127. The van der Waals surface area contributed by atoms with Crippen LogP contribution in [0.5, 0.6) is 5.75 Å². The van der Waals surface area contributed by atoms with Gasteiger partial charge in [-0.3, -0.25) is 14.6 Å². The summed E-state index contributed by atoms with van der Waals surface area (Å²) in [7, 11) is 1.60. The maximum atomic E-state index is 10.8. The molecule has 1 aliphatic rings. The molecule has 1 saturated heterocycles. The monoisotopic (exact) mass is 312 g/mol. The van der Waals surface area contributed by atoms with Gasteiger partial charge in [0.15, 0.2) is 0 Å². The van der Waals surface area contributed by atoms with E-state index in [2.05, 4.69) is 4.90 Å². The molecule has 0 spiro atoms. The number of aliphatic carboxylic acids is 1. The predicted octanol–water partition coefficient (Wildman–Crippen LogP) is 1.94. The summed E-state index contributed by atoms with van der Waals surface area (Å²) >= 11 is 6.14. The van der Waals surface area contributed by atoms with Crippen molar-refractivity contribution < 1.29 is 14.6 Å². The molecule has 1 heterocycles. The average molecular weight is 313 g/mol. The Kier molecular flexibility index (Phi) is 5.85. The first-order chi connectivity index (χ1) is 10.1. The van der Waals surface area contributed by atoms with Gasteiger partial charge in [-0.05, 0) is 30.7 Å². The Hall–Kier alpha value is -1.30. The molecule has 1 N–H and O–H groups in total. The number of benzene rings is 1. The van der Waals surface area contributed by atoms with Crippen molar-refractivity contribution in [3.8, 4) is 5.75 Å². The van der Waals surface area contributed by atoms with Crippen LogP contribution in [0.15, 0.2) is 18.2 Å². The van der Waals surface area contributed by atoms with E-state index in [1.165, 1.54) is 0 Å². The fourth-order valence-electron chi connectivity index (χ4n) is 2.60. The molecular formula is C15H21ClN2O3. The molecular weight excluding hydrogens is 292 g/mol. The Morgan fingerprint density at radius 2 is 2.00 bits per heavy atom. The van der Waals surface area contributed by atoms with Crippen LogP contribution in [0.3, 0.4) is 0 Å². The van der Waals surface area contributed by atoms with Gasteiger partial charge in [0, 0.05) is 26.2 Å². The molecule has 0 unspecified atom stereocenters. The number of carbonyl (C=O) groups is 1. The fraction of sp³-hybridized carbons (Fsp3) is 0.533. The van der Waals surface area contributed by atoms with Gasteiger partial charge in [-0.15, -0.1) is 0 Å². The van der Waals surface area contributed by atoms with Crippen LogP contribution in [-0.4, -0.2) is 60.7 Å². The lowest BCUT2D eigenvalue weighted by Gasteiger charge is -2.21. The fourth-order valence-corrected chi connectivity index (χ4v) is 2.88. The Balaban J connectivity index is 1.91. The number of rotatable bonds is 5. The molecule has 21 heavy (non-hydrogen) atoms. The van der Waals surface area contributed by atoms with Crippen molar-refractivity contribution in [2.75, 3.05) is 39.8 Å². The van der Waals surface area contributed by atoms with Gasteiger partial charge in [0.2, 0.25) is 0 Å². The van der Waals surface area contributed by atoms with Gasteiger partial charge in [-0.1, -0.05) is 17.7 Å². The molecule has 0 atom stereocenters. The number of halogens is 1. The molecule has 1 fully saturated rings. The molecule has 2 rings (SSSR count). The van der Waals surface area contributed by atoms with E-state index in [1.807, 2.05) is 23.1 Å². The molecule has 6 heteroatoms. The molecule has 0 bridgehead atoms. The van der Waals surface area contributed by atoms with Crippen LogP contribution in [0.25, 0.3) is 0 Å². The third kappa shape index (κ3) is 4.88. The Bertz CT molecular complexity index is 496. The van der Waals surface area contributed by atoms with E-state index >= 15 is 0 Å². The van der Waals surface area contributed by atoms with Crippen LogP contribution in [0.1, 0.15) is 12.0 Å². The largest absolute Gasteiger partial charge is 0.495 e. The molecule has 0 aromatic heterocycles. The minimum atomic E-state index is -0.759. The lowest BCUT2D eigenvalue weighted by Crippen LogP contribution is -2.34. The Morgan fingerprint density at radius 3 is 2.67 bits per heavy atom. The zero-order chi connectivity index (χ0) is 15.2. The summed E-state index contributed by atoms with van der Waals surface area (Å²) < 4.78 is 5.15. The normalized spacial score (nSPS) is 17.4. The smallest absolute Gasteiger partial charge is 0.317 e. The highest BCUT2D eigenvalue weighted by Gasteiger charge is 2.17. The maximum absolute atomic E-state index is 10.8. The van der Waals surface area contributed by atoms with Crippen molar-refractivity contribution in [3.05, 3.63) is 28.8 Å². The van der Waals surface area contributed by atoms with E-state index in [9.17, 15) is 4.79 Å². The van der Waals surface area contributed by atoms with E-state index in [4.69, 9.17) is 21.4 Å². The highest BCUT2D eigenvalue weighted by molar-refractivity contribution is 6.32. The second kappa shape index (κ2) is 7.64. The van der Waals surface area contributed by atoms with Gasteiger partial charge >= 0.3 is 5.97 Å². The SMILES string of the molecule is COc1ccc(CN2CCCN(CC(=O)O)CC2)cc1Cl. The molecule has 116 valence electrons. The predicted molar refractivity (Wildman–Crippen MR) is 82.0 cm³/mol. The van der Waals surface area contributed by atoms with Gasteiger partial charge in [-0.2, -0.15) is 0 Å². The standard InChI is InChI=1S/C15H21ClN2O3/c1-21-14-4-3-12(9-13(14)16)10-17-5-2-6-18(8-7-17)11-15(19)20/h3-4,9H,2,5-8,10-11H2,1H3,(H,19,20). The number of carboxylic acid groups (broad SMARTS) is 1. The number of nitrogens with zero attached hydrogens (tertiary/aromatic N) is 2. The summed E-state index contributed by atoms with van der Waals surface area (Å²) in [5, 5.41) is 9.48. The van der Waals surface area contributed by atoms with Crippen molar-refractivity contribution in [2.24, 2.45) is 0 Å². The van der Waals surface area contributed by atoms with E-state index in [0.717, 1.165) is 44.7 Å². The van der Waals surface area contributed by atoms with Crippen LogP contribution in [0.2, 0.25) is 5.02 Å². The molecule has 1 aliphatic heterocycles. The molecule has 0 amide bonds. The summed E-state index contributed by atoms with van der Waals surface area (Å²) in [6.45, 7) is 4.42. The van der Waals surface area contributed by atoms with Crippen LogP contribution in [0.4, 0.5) is 0 Å². The summed E-state index contributed by atoms with van der Waals surface area (Å²) in [5.41, 5.74) is 1.15. The highest BCUT2D eigenvalue weighted by atomic mass is 35.5. The average Bonchev–Trinajstić information content (AvgIpc) is 2.64. The summed E-state index contributed by atoms with van der Waals surface area (Å²) in [5.74, 6) is -0.0747. The summed E-state index contributed by atoms with van der Waals surface area (Å²) in [4.78, 5) is 15.1. The first kappa shape index (κ1) is 16.1. The second-order valence-corrected chi connectivity index (χ2v) is 5.68. The molecule has 0 aliphatic carbocycles. The number of carboxylic acids is 1. The van der Waals surface area contributed by atoms with Crippen molar-refractivity contribution in [3.63, 3.8) is 0 Å². The van der Waals surface area contributed by atoms with Gasteiger partial charge in [0.1, 0.15) is 5.75 Å². The zero-order valence-corrected chi connectivity index (χ0v) is 13.0. The Morgan fingerprint density at radius 1 is 1.29 bits per heavy atom. The van der Waals surface area contributed by atoms with Gasteiger partial charge < -0.3 is 9.84 Å². The third-order valence-corrected chi connectivity index (χ3v) is 3.96. The van der Waals surface area contributed by atoms with Crippen molar-refractivity contribution in [2.45, 2.75) is 13.0 Å². The van der Waals surface area contributed by atoms with E-state index in [-0.39, 0.29) is 6.54 Å². The first-order valence-corrected chi connectivity index (χ1v) is 7.45. The molecule has 0 radical (unpaired) electrons. The van der Waals surface area contributed by atoms with E-state index in [0.29, 0.717) is 10.8 Å². The van der Waals surface area contributed by atoms with Crippen LogP contribution < -0.4 is 4.74 Å². The first-order valence-electron chi connectivity index (χ1n) is 7.07. The van der Waals surface area contributed by atoms with E-state index in [1.54, 1.807) is 7.11 Å². The molecule has 0 saturated carbocycles. The summed E-state index contributed by atoms with van der Waals surface area (Å²) in [6, 6.07) is 5.83. The van der Waals surface area contributed by atoms with Crippen LogP contribution in [-0.2, 0) is 11.3 Å². The third-order valence-electron chi connectivity index (χ3n) is 3.66. The lowest BCUT2D eigenvalue weighted by molar-refractivity contribution is -0.138. The number of hydrogen-bond acceptors (Lipinski definition) is 4. The number of ether oxygens (including phenoxy) is 1. The van der Waals surface area contributed by atoms with Crippen molar-refractivity contribution in [1.29, 1.82) is 0 Å².